The lowest BCUT2D eigenvalue weighted by Gasteiger charge is -2.19. The Morgan fingerprint density at radius 1 is 1.12 bits per heavy atom. The highest BCUT2D eigenvalue weighted by Gasteiger charge is 2.27. The van der Waals surface area contributed by atoms with Gasteiger partial charge in [0, 0.05) is 23.9 Å². The summed E-state index contributed by atoms with van der Waals surface area (Å²) in [6, 6.07) is 8.59. The Bertz CT molecular complexity index is 952. The summed E-state index contributed by atoms with van der Waals surface area (Å²) >= 11 is 6.01. The number of methoxy groups -OCH3 is 1. The maximum absolute atomic E-state index is 13.7. The Kier molecular flexibility index (Phi) is 9.94. The summed E-state index contributed by atoms with van der Waals surface area (Å²) in [4.78, 5) is 14.5. The van der Waals surface area contributed by atoms with Crippen LogP contribution in [0.4, 0.5) is 14.5 Å². The fourth-order valence-corrected chi connectivity index (χ4v) is 3.21. The van der Waals surface area contributed by atoms with Crippen LogP contribution in [0.2, 0.25) is 5.02 Å². The molecule has 0 heterocycles. The number of amides is 1. The van der Waals surface area contributed by atoms with E-state index in [-0.39, 0.29) is 22.9 Å². The van der Waals surface area contributed by atoms with Crippen molar-refractivity contribution in [3.8, 4) is 17.2 Å². The minimum absolute atomic E-state index is 0.0327. The van der Waals surface area contributed by atoms with Crippen molar-refractivity contribution in [3.05, 3.63) is 59.6 Å². The summed E-state index contributed by atoms with van der Waals surface area (Å²) in [7, 11) is 1.52. The molecule has 2 rings (SSSR count). The third-order valence-corrected chi connectivity index (χ3v) is 5.23. The van der Waals surface area contributed by atoms with Crippen molar-refractivity contribution in [1.29, 1.82) is 0 Å². The largest absolute Gasteiger partial charge is 0.493 e. The van der Waals surface area contributed by atoms with Crippen LogP contribution in [0, 0.1) is 0 Å². The number of benzene rings is 2. The first kappa shape index (κ1) is 26.4. The summed E-state index contributed by atoms with van der Waals surface area (Å²) in [6.07, 6.45) is 0.530. The normalized spacial score (nSPS) is 11.2. The predicted molar refractivity (Wildman–Crippen MR) is 126 cm³/mol. The number of nitrogens with one attached hydrogen (secondary N) is 1. The second-order valence-corrected chi connectivity index (χ2v) is 7.46. The molecule has 9 heteroatoms. The summed E-state index contributed by atoms with van der Waals surface area (Å²) in [5.41, 5.74) is 0.175. The highest BCUT2D eigenvalue weighted by atomic mass is 35.5. The van der Waals surface area contributed by atoms with Gasteiger partial charge in [-0.3, -0.25) is 4.79 Å². The fraction of sp³-hybridized carbons (Fsp3) is 0.375. The Morgan fingerprint density at radius 3 is 2.42 bits per heavy atom. The Hall–Kier alpha value is -2.84. The highest BCUT2D eigenvalue weighted by Crippen LogP contribution is 2.34. The zero-order chi connectivity index (χ0) is 24.4. The van der Waals surface area contributed by atoms with Gasteiger partial charge in [-0.05, 0) is 49.5 Å². The van der Waals surface area contributed by atoms with E-state index in [2.05, 4.69) is 30.6 Å². The quantitative estimate of drug-likeness (QED) is 0.389. The van der Waals surface area contributed by atoms with Crippen LogP contribution in [0.25, 0.3) is 0 Å². The number of halogens is 3. The molecule has 1 amide bonds. The van der Waals surface area contributed by atoms with Gasteiger partial charge in [0.2, 0.25) is 0 Å². The van der Waals surface area contributed by atoms with Gasteiger partial charge < -0.3 is 24.4 Å². The van der Waals surface area contributed by atoms with Crippen molar-refractivity contribution >= 4 is 23.2 Å². The third kappa shape index (κ3) is 7.61. The minimum atomic E-state index is -3.21. The lowest BCUT2D eigenvalue weighted by Crippen LogP contribution is -2.28. The zero-order valence-electron chi connectivity index (χ0n) is 19.0. The lowest BCUT2D eigenvalue weighted by molar-refractivity contribution is -0.118. The van der Waals surface area contributed by atoms with E-state index in [1.165, 1.54) is 19.2 Å². The smallest absolute Gasteiger partial charge is 0.291 e. The molecule has 1 N–H and O–H groups in total. The standard InChI is InChI=1S/C24H29ClF2N2O4/c1-5-24(26,27)17-8-10-20(19(25)14-17)33-16-23(30)28-18-9-11-21(22(15-18)31-4)32-13-12-29(6-2)7-3/h5,8-11,14-15H,1,6-7,12-13,16H2,2-4H3,(H,28,30). The summed E-state index contributed by atoms with van der Waals surface area (Å²) in [6.45, 7) is 10.1. The lowest BCUT2D eigenvalue weighted by atomic mass is 10.1. The molecule has 180 valence electrons. The van der Waals surface area contributed by atoms with Crippen LogP contribution >= 0.6 is 11.6 Å². The number of likely N-dealkylation sites (N-methyl/N-ethyl adjacent to an activating group) is 1. The number of carbonyl (C=O) groups is 1. The van der Waals surface area contributed by atoms with Gasteiger partial charge in [-0.25, -0.2) is 0 Å². The van der Waals surface area contributed by atoms with Crippen LogP contribution in [-0.2, 0) is 10.7 Å². The van der Waals surface area contributed by atoms with Crippen molar-refractivity contribution in [1.82, 2.24) is 4.90 Å². The number of hydrogen-bond acceptors (Lipinski definition) is 5. The van der Waals surface area contributed by atoms with Crippen molar-refractivity contribution in [2.24, 2.45) is 0 Å². The molecule has 2 aromatic rings. The van der Waals surface area contributed by atoms with Crippen molar-refractivity contribution in [2.75, 3.05) is 45.3 Å². The number of anilines is 1. The van der Waals surface area contributed by atoms with Gasteiger partial charge in [-0.1, -0.05) is 32.0 Å². The number of hydrogen-bond donors (Lipinski definition) is 1. The van der Waals surface area contributed by atoms with Gasteiger partial charge in [0.25, 0.3) is 11.8 Å². The molecule has 0 aliphatic heterocycles. The zero-order valence-corrected chi connectivity index (χ0v) is 19.8. The molecule has 0 bridgehead atoms. The predicted octanol–water partition coefficient (Wildman–Crippen LogP) is 5.36. The van der Waals surface area contributed by atoms with Crippen LogP contribution in [0.5, 0.6) is 17.2 Å². The van der Waals surface area contributed by atoms with E-state index < -0.39 is 11.8 Å². The van der Waals surface area contributed by atoms with Gasteiger partial charge in [-0.2, -0.15) is 8.78 Å². The van der Waals surface area contributed by atoms with Gasteiger partial charge in [0.1, 0.15) is 12.4 Å². The number of nitrogens with zero attached hydrogens (tertiary/aromatic N) is 1. The maximum Gasteiger partial charge on any atom is 0.291 e. The molecule has 0 saturated heterocycles. The van der Waals surface area contributed by atoms with Crippen molar-refractivity contribution in [2.45, 2.75) is 19.8 Å². The maximum atomic E-state index is 13.7. The van der Waals surface area contributed by atoms with Crippen LogP contribution in [0.15, 0.2) is 49.1 Å². The molecule has 0 atom stereocenters. The molecule has 0 unspecified atom stereocenters. The molecule has 0 aromatic heterocycles. The Balaban J connectivity index is 1.94. The van der Waals surface area contributed by atoms with E-state index in [0.29, 0.717) is 29.9 Å². The van der Waals surface area contributed by atoms with E-state index in [1.54, 1.807) is 18.2 Å². The van der Waals surface area contributed by atoms with E-state index in [0.717, 1.165) is 25.7 Å². The average molecular weight is 483 g/mol. The van der Waals surface area contributed by atoms with Crippen LogP contribution in [0.1, 0.15) is 19.4 Å². The number of carbonyl (C=O) groups excluding carboxylic acids is 1. The number of allylic oxidation sites excluding steroid dienone is 1. The van der Waals surface area contributed by atoms with Crippen LogP contribution in [-0.4, -0.2) is 50.8 Å². The van der Waals surface area contributed by atoms with Crippen molar-refractivity contribution < 1.29 is 27.8 Å². The summed E-state index contributed by atoms with van der Waals surface area (Å²) in [5.74, 6) is -2.49. The molecule has 0 aliphatic carbocycles. The van der Waals surface area contributed by atoms with Crippen LogP contribution in [0.3, 0.4) is 0 Å². The fourth-order valence-electron chi connectivity index (χ4n) is 2.97. The summed E-state index contributed by atoms with van der Waals surface area (Å²) in [5, 5.41) is 2.65. The first-order chi connectivity index (χ1) is 15.7. The summed E-state index contributed by atoms with van der Waals surface area (Å²) < 4.78 is 43.9. The molecule has 2 aromatic carbocycles. The van der Waals surface area contributed by atoms with E-state index in [4.69, 9.17) is 25.8 Å². The van der Waals surface area contributed by atoms with Gasteiger partial charge in [0.05, 0.1) is 12.1 Å². The minimum Gasteiger partial charge on any atom is -0.493 e. The molecule has 0 aliphatic rings. The Morgan fingerprint density at radius 2 is 1.82 bits per heavy atom. The van der Waals surface area contributed by atoms with E-state index in [9.17, 15) is 13.6 Å². The first-order valence-corrected chi connectivity index (χ1v) is 10.9. The first-order valence-electron chi connectivity index (χ1n) is 10.5. The molecule has 0 radical (unpaired) electrons. The second kappa shape index (κ2) is 12.4. The molecular weight excluding hydrogens is 454 g/mol. The molecule has 33 heavy (non-hydrogen) atoms. The Labute approximate surface area is 198 Å². The number of alkyl halides is 2. The second-order valence-electron chi connectivity index (χ2n) is 7.05. The molecule has 0 fully saturated rings. The third-order valence-electron chi connectivity index (χ3n) is 4.94. The number of ether oxygens (including phenoxy) is 3. The monoisotopic (exact) mass is 482 g/mol. The number of rotatable bonds is 13. The topological polar surface area (TPSA) is 60.0 Å². The van der Waals surface area contributed by atoms with E-state index in [1.807, 2.05) is 0 Å². The molecular formula is C24H29ClF2N2O4. The van der Waals surface area contributed by atoms with Crippen molar-refractivity contribution in [3.63, 3.8) is 0 Å². The molecule has 0 spiro atoms. The molecule has 6 nitrogen and oxygen atoms in total. The van der Waals surface area contributed by atoms with Gasteiger partial charge >= 0.3 is 0 Å². The van der Waals surface area contributed by atoms with Gasteiger partial charge in [-0.15, -0.1) is 0 Å². The van der Waals surface area contributed by atoms with E-state index >= 15 is 0 Å². The van der Waals surface area contributed by atoms with Crippen LogP contribution < -0.4 is 19.5 Å². The van der Waals surface area contributed by atoms with Gasteiger partial charge in [0.15, 0.2) is 18.1 Å². The highest BCUT2D eigenvalue weighted by molar-refractivity contribution is 6.32. The average Bonchev–Trinajstić information content (AvgIpc) is 2.81. The SMILES string of the molecule is C=CC(F)(F)c1ccc(OCC(=O)Nc2ccc(OCCN(CC)CC)c(OC)c2)c(Cl)c1. The molecule has 0 saturated carbocycles.